The second-order valence-corrected chi connectivity index (χ2v) is 4.73. The molecule has 0 radical (unpaired) electrons. The molecule has 1 atom stereocenters. The molecule has 0 amide bonds. The van der Waals surface area contributed by atoms with Crippen molar-refractivity contribution in [1.29, 1.82) is 0 Å². The largest absolute Gasteiger partial charge is 0.493 e. The first kappa shape index (κ1) is 15.0. The quantitative estimate of drug-likeness (QED) is 0.780. The van der Waals surface area contributed by atoms with Crippen LogP contribution >= 0.6 is 0 Å². The summed E-state index contributed by atoms with van der Waals surface area (Å²) in [5, 5.41) is 0. The van der Waals surface area contributed by atoms with Crippen molar-refractivity contribution >= 4 is 12.0 Å². The van der Waals surface area contributed by atoms with Crippen LogP contribution in [0.5, 0.6) is 17.2 Å². The predicted molar refractivity (Wildman–Crippen MR) is 78.8 cm³/mol. The number of esters is 1. The van der Waals surface area contributed by atoms with Gasteiger partial charge in [-0.25, -0.2) is 4.79 Å². The lowest BCUT2D eigenvalue weighted by molar-refractivity contribution is -0.141. The molecule has 2 rings (SSSR count). The van der Waals surface area contributed by atoms with E-state index in [2.05, 4.69) is 0 Å². The van der Waals surface area contributed by atoms with Gasteiger partial charge in [0.25, 0.3) is 0 Å². The van der Waals surface area contributed by atoms with E-state index < -0.39 is 5.60 Å². The van der Waals surface area contributed by atoms with Gasteiger partial charge in [-0.3, -0.25) is 0 Å². The summed E-state index contributed by atoms with van der Waals surface area (Å²) in [6.45, 7) is 1.81. The first-order valence-corrected chi connectivity index (χ1v) is 6.43. The van der Waals surface area contributed by atoms with Crippen LogP contribution in [0.1, 0.15) is 12.5 Å². The lowest BCUT2D eigenvalue weighted by Crippen LogP contribution is -2.20. The summed E-state index contributed by atoms with van der Waals surface area (Å²) in [5.41, 5.74) is 0.124. The fraction of sp³-hybridized carbons (Fsp3) is 0.312. The van der Waals surface area contributed by atoms with Gasteiger partial charge < -0.3 is 18.9 Å². The van der Waals surface area contributed by atoms with Crippen molar-refractivity contribution < 1.29 is 23.7 Å². The highest BCUT2D eigenvalue weighted by Crippen LogP contribution is 2.38. The smallest absolute Gasteiger partial charge is 0.331 e. The maximum Gasteiger partial charge on any atom is 0.331 e. The Kier molecular flexibility index (Phi) is 4.21. The van der Waals surface area contributed by atoms with E-state index in [1.807, 2.05) is 25.1 Å². The van der Waals surface area contributed by atoms with Gasteiger partial charge in [0.2, 0.25) is 5.75 Å². The monoisotopic (exact) mass is 290 g/mol. The molecule has 0 saturated carbocycles. The molecule has 0 spiro atoms. The van der Waals surface area contributed by atoms with Crippen LogP contribution in [0.15, 0.2) is 30.4 Å². The number of carbonyl (C=O) groups excluding carboxylic acids is 1. The summed E-state index contributed by atoms with van der Waals surface area (Å²) in [5.74, 6) is 1.34. The van der Waals surface area contributed by atoms with Crippen LogP contribution < -0.4 is 14.2 Å². The Morgan fingerprint density at radius 3 is 2.14 bits per heavy atom. The normalized spacial score (nSPS) is 20.7. The molecule has 1 aromatic carbocycles. The minimum Gasteiger partial charge on any atom is -0.493 e. The van der Waals surface area contributed by atoms with Crippen molar-refractivity contribution in [2.75, 3.05) is 21.3 Å². The second-order valence-electron chi connectivity index (χ2n) is 4.73. The van der Waals surface area contributed by atoms with E-state index in [0.717, 1.165) is 5.56 Å². The number of carbonyl (C=O) groups is 1. The van der Waals surface area contributed by atoms with Gasteiger partial charge in [0.05, 0.1) is 21.3 Å². The Morgan fingerprint density at radius 1 is 1.10 bits per heavy atom. The highest BCUT2D eigenvalue weighted by Gasteiger charge is 2.27. The summed E-state index contributed by atoms with van der Waals surface area (Å²) < 4.78 is 21.1. The Bertz CT molecular complexity index is 578. The SMILES string of the molecule is COc1cc(/C=C/C2(C)C=CC(=O)O2)cc(OC)c1OC. The van der Waals surface area contributed by atoms with E-state index in [1.54, 1.807) is 33.5 Å². The van der Waals surface area contributed by atoms with E-state index in [0.29, 0.717) is 17.2 Å². The molecule has 1 aliphatic rings. The molecule has 0 N–H and O–H groups in total. The van der Waals surface area contributed by atoms with Gasteiger partial charge in [0.15, 0.2) is 11.5 Å². The maximum absolute atomic E-state index is 11.2. The fourth-order valence-corrected chi connectivity index (χ4v) is 2.07. The van der Waals surface area contributed by atoms with Gasteiger partial charge in [0, 0.05) is 6.08 Å². The van der Waals surface area contributed by atoms with E-state index >= 15 is 0 Å². The van der Waals surface area contributed by atoms with Crippen molar-refractivity contribution in [2.24, 2.45) is 0 Å². The van der Waals surface area contributed by atoms with E-state index in [1.165, 1.54) is 6.08 Å². The Labute approximate surface area is 123 Å². The zero-order valence-electron chi connectivity index (χ0n) is 12.5. The standard InChI is InChI=1S/C16H18O5/c1-16(8-6-14(17)21-16)7-5-11-9-12(18-2)15(20-4)13(10-11)19-3/h5-10H,1-4H3/b7-5+. The number of methoxy groups -OCH3 is 3. The van der Waals surface area contributed by atoms with Crippen LogP contribution in [0.2, 0.25) is 0 Å². The molecule has 0 aromatic heterocycles. The van der Waals surface area contributed by atoms with Crippen LogP contribution in [0, 0.1) is 0 Å². The van der Waals surface area contributed by atoms with Crippen LogP contribution in [-0.4, -0.2) is 32.9 Å². The summed E-state index contributed by atoms with van der Waals surface area (Å²) >= 11 is 0. The number of rotatable bonds is 5. The number of hydrogen-bond donors (Lipinski definition) is 0. The molecule has 0 aliphatic carbocycles. The average Bonchev–Trinajstić information content (AvgIpc) is 2.83. The number of cyclic esters (lactones) is 1. The molecule has 0 bridgehead atoms. The van der Waals surface area contributed by atoms with E-state index in [4.69, 9.17) is 18.9 Å². The maximum atomic E-state index is 11.2. The topological polar surface area (TPSA) is 54.0 Å². The van der Waals surface area contributed by atoms with Gasteiger partial charge in [0.1, 0.15) is 5.60 Å². The second kappa shape index (κ2) is 5.91. The van der Waals surface area contributed by atoms with E-state index in [9.17, 15) is 4.79 Å². The minimum atomic E-state index is -0.725. The third-order valence-corrected chi connectivity index (χ3v) is 3.16. The molecule has 0 fully saturated rings. The van der Waals surface area contributed by atoms with Gasteiger partial charge in [-0.2, -0.15) is 0 Å². The highest BCUT2D eigenvalue weighted by atomic mass is 16.6. The third kappa shape index (κ3) is 3.18. The zero-order valence-corrected chi connectivity index (χ0v) is 12.5. The number of ether oxygens (including phenoxy) is 4. The van der Waals surface area contributed by atoms with E-state index in [-0.39, 0.29) is 5.97 Å². The zero-order chi connectivity index (χ0) is 15.5. The summed E-state index contributed by atoms with van der Waals surface area (Å²) in [6, 6.07) is 3.64. The first-order chi connectivity index (χ1) is 10.0. The Hall–Kier alpha value is -2.43. The lowest BCUT2D eigenvalue weighted by atomic mass is 10.0. The summed E-state index contributed by atoms with van der Waals surface area (Å²) in [4.78, 5) is 11.2. The van der Waals surface area contributed by atoms with Crippen molar-refractivity contribution in [1.82, 2.24) is 0 Å². The molecule has 1 heterocycles. The minimum absolute atomic E-state index is 0.341. The predicted octanol–water partition coefficient (Wildman–Crippen LogP) is 2.60. The van der Waals surface area contributed by atoms with Crippen molar-refractivity contribution in [2.45, 2.75) is 12.5 Å². The molecule has 1 aliphatic heterocycles. The first-order valence-electron chi connectivity index (χ1n) is 6.43. The average molecular weight is 290 g/mol. The van der Waals surface area contributed by atoms with Gasteiger partial charge in [-0.15, -0.1) is 0 Å². The number of benzene rings is 1. The van der Waals surface area contributed by atoms with Gasteiger partial charge in [-0.05, 0) is 36.8 Å². The molecule has 112 valence electrons. The molecular formula is C16H18O5. The summed E-state index contributed by atoms with van der Waals surface area (Å²) in [6.07, 6.45) is 6.77. The molecular weight excluding hydrogens is 272 g/mol. The molecule has 1 unspecified atom stereocenters. The van der Waals surface area contributed by atoms with Crippen LogP contribution in [-0.2, 0) is 9.53 Å². The molecule has 21 heavy (non-hydrogen) atoms. The van der Waals surface area contributed by atoms with Gasteiger partial charge >= 0.3 is 5.97 Å². The van der Waals surface area contributed by atoms with Crippen LogP contribution in [0.3, 0.4) is 0 Å². The van der Waals surface area contributed by atoms with Gasteiger partial charge in [-0.1, -0.05) is 6.08 Å². The Balaban J connectivity index is 2.32. The molecule has 5 heteroatoms. The van der Waals surface area contributed by atoms with Crippen molar-refractivity contribution in [3.63, 3.8) is 0 Å². The molecule has 5 nitrogen and oxygen atoms in total. The lowest BCUT2D eigenvalue weighted by Gasteiger charge is -2.17. The fourth-order valence-electron chi connectivity index (χ4n) is 2.07. The van der Waals surface area contributed by atoms with Crippen molar-refractivity contribution in [3.05, 3.63) is 35.9 Å². The van der Waals surface area contributed by atoms with Crippen LogP contribution in [0.25, 0.3) is 6.08 Å². The highest BCUT2D eigenvalue weighted by molar-refractivity contribution is 5.85. The molecule has 1 aromatic rings. The van der Waals surface area contributed by atoms with Crippen LogP contribution in [0.4, 0.5) is 0 Å². The number of hydrogen-bond acceptors (Lipinski definition) is 5. The third-order valence-electron chi connectivity index (χ3n) is 3.16. The summed E-state index contributed by atoms with van der Waals surface area (Å²) in [7, 11) is 4.68. The van der Waals surface area contributed by atoms with Crippen molar-refractivity contribution in [3.8, 4) is 17.2 Å². The Morgan fingerprint density at radius 2 is 1.71 bits per heavy atom. The molecule has 0 saturated heterocycles.